The third-order valence-electron chi connectivity index (χ3n) is 16.9. The van der Waals surface area contributed by atoms with Crippen LogP contribution in [0.2, 0.25) is 0 Å². The SMILES string of the molecule is Cl.Cl.Nc1ccc(OCCOCCOCCOCCOc2ccc(N)cc2)cc1.Nc1ccc(OCCOCCOCCOCCOc2ccc(N)cc2)cc1.O=C=Nc1ccc(OCCOCCOCCOCCOc2ccc(N=C=O)cc2)cc1.O=CO[O-].O=[N+]([O-])c1ccc(F)cc1.O=[N+]([O-])c1ccc(OCCOCCOCCOCCOc2ccc([N+](=O)[O-])cc2)cc1.OCCOCCOCCOCCO.[H-].[K+].[K+]. The summed E-state index contributed by atoms with van der Waals surface area (Å²) in [5.41, 5.74) is 26.3. The molecule has 0 fully saturated rings. The number of benzene rings is 9. The van der Waals surface area contributed by atoms with Crippen molar-refractivity contribution < 1.29 is 267 Å². The molecule has 0 spiro atoms. The number of nitro groups is 3. The molecule has 0 bridgehead atoms. The Morgan fingerprint density at radius 2 is 0.401 bits per heavy atom. The largest absolute Gasteiger partial charge is 1.00 e. The van der Waals surface area contributed by atoms with E-state index in [1.807, 2.05) is 48.5 Å². The maximum absolute atomic E-state index is 12.1. The molecule has 0 aliphatic heterocycles. The molecule has 50 heteroatoms. The number of carbonyl (C=O) groups is 1. The summed E-state index contributed by atoms with van der Waals surface area (Å²) in [6.07, 6.45) is 2.97. The van der Waals surface area contributed by atoms with Crippen LogP contribution in [0, 0.1) is 36.2 Å². The van der Waals surface area contributed by atoms with Crippen LogP contribution in [0.4, 0.5) is 55.6 Å². The maximum atomic E-state index is 12.1. The van der Waals surface area contributed by atoms with E-state index >= 15 is 0 Å². The van der Waals surface area contributed by atoms with Crippen molar-refractivity contribution >= 4 is 94.6 Å². The Kier molecular flexibility index (Phi) is 94.0. The maximum Gasteiger partial charge on any atom is 1.00 e. The first-order valence-corrected chi connectivity index (χ1v) is 44.7. The minimum absolute atomic E-state index is 0. The molecular formula is C97H130Cl2FK2N9O36. The number of aliphatic hydroxyl groups excluding tert-OH is 2. The van der Waals surface area contributed by atoms with Crippen LogP contribution in [-0.4, -0.2) is 308 Å². The average molecular weight is 2170 g/mol. The summed E-state index contributed by atoms with van der Waals surface area (Å²) in [6, 6.07) is 58.7. The molecule has 0 saturated heterocycles. The van der Waals surface area contributed by atoms with Crippen molar-refractivity contribution in [3.63, 3.8) is 0 Å². The zero-order valence-electron chi connectivity index (χ0n) is 83.2. The van der Waals surface area contributed by atoms with Gasteiger partial charge in [-0.15, -0.1) is 24.8 Å². The molecule has 0 aliphatic rings. The standard InChI is InChI=1S/C22H24N2O7.C20H24N2O9.2C20H28N2O5.C8H18O5.C6H4FNO2.CH2O3.2ClH.2K.H/c25-17-23-19-1-5-21(6-2-19)30-15-13-28-11-9-27-10-12-29-14-16-31-22-7-3-20(4-8-22)24-18-26;23-21(24)17-1-5-19(6-2-17)30-15-13-28-11-9-27-10-12-29-14-16-31-20-7-3-18(4-8-20)22(25)26;2*21-17-1-5-19(6-2-17)26-15-13-24-11-9-23-10-12-25-14-16-27-20-7-3-18(22)4-8-20;9-1-3-11-5-7-13-8-6-12-4-2-10;7-5-1-3-6(4-2-5)8(9)10;2-1-4-3;;;;;/h2*1-8H,9-16H2;2*1-8H,9-16,21-22H2;9-10H,1-8H2;1-4H;1,3H;2*1H;;;/q;;;;;;;;;2*+1;-1/p-1. The second-order valence-corrected chi connectivity index (χ2v) is 27.5. The van der Waals surface area contributed by atoms with Gasteiger partial charge in [-0.25, -0.2) is 14.0 Å². The summed E-state index contributed by atoms with van der Waals surface area (Å²) in [5.74, 6) is 5.09. The summed E-state index contributed by atoms with van der Waals surface area (Å²) in [6.45, 7) is 17.3. The minimum Gasteiger partial charge on any atom is -1.00 e. The van der Waals surface area contributed by atoms with Crippen molar-refractivity contribution in [2.45, 2.75) is 0 Å². The molecule has 9 rings (SSSR count). The molecule has 802 valence electrons. The molecule has 0 radical (unpaired) electrons. The number of isocyanates is 2. The van der Waals surface area contributed by atoms with E-state index in [1.165, 1.54) is 60.7 Å². The van der Waals surface area contributed by atoms with Gasteiger partial charge in [-0.1, -0.05) is 0 Å². The van der Waals surface area contributed by atoms with E-state index in [9.17, 15) is 44.3 Å². The number of ether oxygens (including phenoxy) is 23. The van der Waals surface area contributed by atoms with Crippen molar-refractivity contribution in [2.24, 2.45) is 9.98 Å². The Labute approximate surface area is 950 Å². The van der Waals surface area contributed by atoms with Gasteiger partial charge in [0, 0.05) is 59.1 Å². The Morgan fingerprint density at radius 3 is 0.544 bits per heavy atom. The Bertz CT molecular complexity index is 4260. The summed E-state index contributed by atoms with van der Waals surface area (Å²) in [7, 11) is 0. The van der Waals surface area contributed by atoms with E-state index in [-0.39, 0.29) is 166 Å². The van der Waals surface area contributed by atoms with E-state index in [1.54, 1.807) is 97.1 Å². The van der Waals surface area contributed by atoms with Crippen LogP contribution in [-0.2, 0) is 90.3 Å². The topological polar surface area (TPSA) is 594 Å². The summed E-state index contributed by atoms with van der Waals surface area (Å²) in [5, 5.41) is 56.3. The molecular weight excluding hydrogens is 2040 g/mol. The second-order valence-electron chi connectivity index (χ2n) is 27.5. The van der Waals surface area contributed by atoms with Crippen LogP contribution in [0.5, 0.6) is 46.0 Å². The molecule has 0 amide bonds. The van der Waals surface area contributed by atoms with Crippen LogP contribution in [0.1, 0.15) is 1.43 Å². The molecule has 0 saturated carbocycles. The molecule has 0 atom stereocenters. The van der Waals surface area contributed by atoms with Gasteiger partial charge in [0.05, 0.1) is 238 Å². The molecule has 0 heterocycles. The third-order valence-corrected chi connectivity index (χ3v) is 16.9. The molecule has 45 nitrogen and oxygen atoms in total. The molecule has 0 unspecified atom stereocenters. The monoisotopic (exact) mass is 2160 g/mol. The number of nitrogen functional groups attached to an aromatic ring is 4. The number of nitro benzene ring substituents is 3. The number of aliphatic imine (C=N–C) groups is 2. The van der Waals surface area contributed by atoms with E-state index < -0.39 is 20.6 Å². The summed E-state index contributed by atoms with van der Waals surface area (Å²) >= 11 is 0. The van der Waals surface area contributed by atoms with Crippen molar-refractivity contribution in [3.05, 3.63) is 255 Å². The fourth-order valence-corrected chi connectivity index (χ4v) is 10.1. The second kappa shape index (κ2) is 99.4. The molecule has 0 aliphatic carbocycles. The Morgan fingerprint density at radius 1 is 0.265 bits per heavy atom. The van der Waals surface area contributed by atoms with Gasteiger partial charge < -0.3 is 154 Å². The summed E-state index contributed by atoms with van der Waals surface area (Å²) < 4.78 is 136. The number of hydrogen-bond acceptors (Lipinski definition) is 42. The van der Waals surface area contributed by atoms with Crippen LogP contribution >= 0.6 is 24.8 Å². The zero-order chi connectivity index (χ0) is 103. The fraction of sp³-hybridized carbons (Fsp3) is 0.412. The van der Waals surface area contributed by atoms with E-state index in [0.717, 1.165) is 47.3 Å². The number of carbonyl (C=O) groups excluding carboxylic acids is 3. The van der Waals surface area contributed by atoms with E-state index in [2.05, 4.69) is 14.9 Å². The van der Waals surface area contributed by atoms with Gasteiger partial charge in [-0.2, -0.15) is 9.98 Å². The number of hydrogen-bond donors (Lipinski definition) is 6. The van der Waals surface area contributed by atoms with Gasteiger partial charge in [0.25, 0.3) is 23.5 Å². The third kappa shape index (κ3) is 81.7. The van der Waals surface area contributed by atoms with Gasteiger partial charge in [0.1, 0.15) is 105 Å². The van der Waals surface area contributed by atoms with E-state index in [4.69, 9.17) is 152 Å². The van der Waals surface area contributed by atoms with Crippen LogP contribution in [0.3, 0.4) is 0 Å². The predicted octanol–water partition coefficient (Wildman–Crippen LogP) is 5.01. The quantitative estimate of drug-likeness (QED) is 0.00336. The number of halogens is 3. The molecule has 9 aromatic rings. The molecule has 0 aromatic heterocycles. The van der Waals surface area contributed by atoms with Crippen molar-refractivity contribution in [1.82, 2.24) is 0 Å². The minimum atomic E-state index is -0.570. The number of non-ortho nitro benzene ring substituents is 3. The fourth-order valence-electron chi connectivity index (χ4n) is 10.1. The smallest absolute Gasteiger partial charge is 1.00 e. The molecule has 147 heavy (non-hydrogen) atoms. The normalized spacial score (nSPS) is 9.99. The van der Waals surface area contributed by atoms with E-state index in [0.29, 0.717) is 308 Å². The first-order chi connectivity index (χ1) is 69.9. The van der Waals surface area contributed by atoms with Gasteiger partial charge in [0.2, 0.25) is 12.2 Å². The number of rotatable bonds is 72. The number of nitrogens with zero attached hydrogens (tertiary/aromatic N) is 5. The zero-order valence-corrected chi connectivity index (χ0v) is 90.0. The number of nitrogens with two attached hydrogens (primary N) is 4. The molecule has 10 N–H and O–H groups in total. The summed E-state index contributed by atoms with van der Waals surface area (Å²) in [4.78, 5) is 68.2. The number of aliphatic hydroxyl groups is 2. The van der Waals surface area contributed by atoms with Crippen molar-refractivity contribution in [1.29, 1.82) is 0 Å². The van der Waals surface area contributed by atoms with Gasteiger partial charge in [-0.3, -0.25) is 35.1 Å². The Balaban J connectivity index is -0.00000173. The first-order valence-electron chi connectivity index (χ1n) is 44.7. The van der Waals surface area contributed by atoms with Crippen molar-refractivity contribution in [2.75, 3.05) is 287 Å². The first kappa shape index (κ1) is 139. The average Bonchev–Trinajstić information content (AvgIpc) is 0.895. The van der Waals surface area contributed by atoms with Gasteiger partial charge >= 0.3 is 103 Å². The van der Waals surface area contributed by atoms with Crippen LogP contribution in [0.25, 0.3) is 0 Å². The van der Waals surface area contributed by atoms with Gasteiger partial charge in [-0.05, 0) is 182 Å². The number of anilines is 4. The van der Waals surface area contributed by atoms with Crippen LogP contribution in [0.15, 0.2) is 228 Å². The van der Waals surface area contributed by atoms with Gasteiger partial charge in [0.15, 0.2) is 0 Å². The molecule has 9 aromatic carbocycles. The Hall–Kier alpha value is -9.93. The van der Waals surface area contributed by atoms with Crippen LogP contribution < -0.4 is 169 Å². The van der Waals surface area contributed by atoms with Crippen molar-refractivity contribution in [3.8, 4) is 46.0 Å². The predicted molar refractivity (Wildman–Crippen MR) is 534 cm³/mol.